The Labute approximate surface area is 110 Å². The Morgan fingerprint density at radius 2 is 2.11 bits per heavy atom. The van der Waals surface area contributed by atoms with Gasteiger partial charge in [-0.1, -0.05) is 30.3 Å². The number of hydrogen-bond donors (Lipinski definition) is 1. The molecule has 18 heavy (non-hydrogen) atoms. The zero-order chi connectivity index (χ0) is 13.0. The Hall–Kier alpha value is -2.01. The predicted molar refractivity (Wildman–Crippen MR) is 70.8 cm³/mol. The number of H-pyrrole nitrogens is 1. The first-order valence-corrected chi connectivity index (χ1v) is 5.95. The molecule has 92 valence electrons. The lowest BCUT2D eigenvalue weighted by Gasteiger charge is -2.08. The molecule has 0 aliphatic rings. The molecule has 0 radical (unpaired) electrons. The monoisotopic (exact) mass is 260 g/mol. The molecular weight excluding hydrogens is 248 g/mol. The zero-order valence-electron chi connectivity index (χ0n) is 9.84. The molecule has 1 N–H and O–H groups in total. The highest BCUT2D eigenvalue weighted by Gasteiger charge is 2.14. The summed E-state index contributed by atoms with van der Waals surface area (Å²) < 4.78 is 5.33. The van der Waals surface area contributed by atoms with E-state index in [2.05, 4.69) is 9.97 Å². The van der Waals surface area contributed by atoms with Crippen LogP contribution in [0, 0.1) is 4.77 Å². The second-order valence-electron chi connectivity index (χ2n) is 3.56. The van der Waals surface area contributed by atoms with Gasteiger partial charge in [0.1, 0.15) is 5.56 Å². The van der Waals surface area contributed by atoms with Gasteiger partial charge in [-0.05, 0) is 24.7 Å². The quantitative estimate of drug-likeness (QED) is 0.681. The highest BCUT2D eigenvalue weighted by Crippen LogP contribution is 2.20. The van der Waals surface area contributed by atoms with Gasteiger partial charge in [0.15, 0.2) is 4.77 Å². The van der Waals surface area contributed by atoms with Crippen molar-refractivity contribution in [2.45, 2.75) is 6.92 Å². The molecule has 0 saturated heterocycles. The molecule has 0 saturated carbocycles. The minimum Gasteiger partial charge on any atom is -0.462 e. The predicted octanol–water partition coefficient (Wildman–Crippen LogP) is 2.98. The standard InChI is InChI=1S/C13H12N2O2S/c1-2-17-12(16)10-8-14-13(18)15-11(10)9-6-4-3-5-7-9/h3-8H,2H2,1H3,(H,14,15,18). The lowest BCUT2D eigenvalue weighted by molar-refractivity contribution is 0.0526. The van der Waals surface area contributed by atoms with Crippen molar-refractivity contribution in [1.82, 2.24) is 9.97 Å². The average molecular weight is 260 g/mol. The van der Waals surface area contributed by atoms with Gasteiger partial charge < -0.3 is 9.72 Å². The molecule has 1 aromatic carbocycles. The summed E-state index contributed by atoms with van der Waals surface area (Å²) in [6.07, 6.45) is 1.44. The summed E-state index contributed by atoms with van der Waals surface area (Å²) in [6.45, 7) is 2.08. The first kappa shape index (κ1) is 12.4. The van der Waals surface area contributed by atoms with Crippen molar-refractivity contribution < 1.29 is 9.53 Å². The van der Waals surface area contributed by atoms with Crippen molar-refractivity contribution >= 4 is 18.2 Å². The normalized spacial score (nSPS) is 10.1. The summed E-state index contributed by atoms with van der Waals surface area (Å²) in [5.41, 5.74) is 1.89. The number of aromatic amines is 1. The van der Waals surface area contributed by atoms with Gasteiger partial charge in [-0.2, -0.15) is 0 Å². The Morgan fingerprint density at radius 1 is 1.39 bits per heavy atom. The van der Waals surface area contributed by atoms with Gasteiger partial charge in [-0.15, -0.1) is 0 Å². The molecule has 0 aliphatic heterocycles. The third-order valence-electron chi connectivity index (χ3n) is 2.37. The number of hydrogen-bond acceptors (Lipinski definition) is 4. The van der Waals surface area contributed by atoms with Crippen LogP contribution < -0.4 is 0 Å². The Bertz CT molecular complexity index is 608. The molecule has 0 amide bonds. The van der Waals surface area contributed by atoms with Gasteiger partial charge in [0.25, 0.3) is 0 Å². The summed E-state index contributed by atoms with van der Waals surface area (Å²) in [4.78, 5) is 18.7. The van der Waals surface area contributed by atoms with Gasteiger partial charge in [-0.25, -0.2) is 9.78 Å². The second-order valence-corrected chi connectivity index (χ2v) is 3.95. The van der Waals surface area contributed by atoms with Crippen LogP contribution in [0.3, 0.4) is 0 Å². The molecule has 2 rings (SSSR count). The van der Waals surface area contributed by atoms with Crippen LogP contribution in [-0.4, -0.2) is 22.5 Å². The van der Waals surface area contributed by atoms with E-state index in [-0.39, 0.29) is 0 Å². The van der Waals surface area contributed by atoms with Gasteiger partial charge in [0.2, 0.25) is 0 Å². The second kappa shape index (κ2) is 5.55. The maximum absolute atomic E-state index is 11.8. The number of nitrogens with one attached hydrogen (secondary N) is 1. The molecule has 0 unspecified atom stereocenters. The van der Waals surface area contributed by atoms with E-state index in [1.807, 2.05) is 30.3 Å². The summed E-state index contributed by atoms with van der Waals surface area (Å²) in [7, 11) is 0. The molecule has 0 aliphatic carbocycles. The molecule has 1 heterocycles. The third-order valence-corrected chi connectivity index (χ3v) is 2.58. The van der Waals surface area contributed by atoms with E-state index in [1.165, 1.54) is 6.20 Å². The van der Waals surface area contributed by atoms with Crippen LogP contribution in [0.15, 0.2) is 36.5 Å². The number of nitrogens with zero attached hydrogens (tertiary/aromatic N) is 1. The van der Waals surface area contributed by atoms with Crippen molar-refractivity contribution in [2.24, 2.45) is 0 Å². The van der Waals surface area contributed by atoms with Crippen LogP contribution in [0.25, 0.3) is 11.3 Å². The lowest BCUT2D eigenvalue weighted by Crippen LogP contribution is -2.08. The van der Waals surface area contributed by atoms with E-state index in [1.54, 1.807) is 6.92 Å². The molecule has 5 heteroatoms. The Kier molecular flexibility index (Phi) is 3.84. The maximum atomic E-state index is 11.8. The van der Waals surface area contributed by atoms with Crippen LogP contribution >= 0.6 is 12.2 Å². The van der Waals surface area contributed by atoms with Crippen molar-refractivity contribution in [3.8, 4) is 11.3 Å². The van der Waals surface area contributed by atoms with E-state index < -0.39 is 5.97 Å². The molecule has 0 fully saturated rings. The minimum atomic E-state index is -0.407. The number of carbonyl (C=O) groups excluding carboxylic acids is 1. The van der Waals surface area contributed by atoms with E-state index in [0.29, 0.717) is 22.6 Å². The van der Waals surface area contributed by atoms with Crippen molar-refractivity contribution in [1.29, 1.82) is 0 Å². The topological polar surface area (TPSA) is 55.0 Å². The number of rotatable bonds is 3. The summed E-state index contributed by atoms with van der Waals surface area (Å²) in [5, 5.41) is 0. The number of benzene rings is 1. The van der Waals surface area contributed by atoms with E-state index >= 15 is 0 Å². The highest BCUT2D eigenvalue weighted by molar-refractivity contribution is 7.71. The van der Waals surface area contributed by atoms with Crippen molar-refractivity contribution in [3.05, 3.63) is 46.9 Å². The fourth-order valence-corrected chi connectivity index (χ4v) is 1.75. The van der Waals surface area contributed by atoms with E-state index in [9.17, 15) is 4.79 Å². The van der Waals surface area contributed by atoms with Crippen molar-refractivity contribution in [3.63, 3.8) is 0 Å². The molecule has 0 bridgehead atoms. The molecular formula is C13H12N2O2S. The fraction of sp³-hybridized carbons (Fsp3) is 0.154. The number of esters is 1. The molecule has 0 atom stereocenters. The minimum absolute atomic E-state index is 0.322. The van der Waals surface area contributed by atoms with E-state index in [0.717, 1.165) is 5.56 Å². The molecule has 1 aromatic heterocycles. The largest absolute Gasteiger partial charge is 0.462 e. The Balaban J connectivity index is 2.55. The highest BCUT2D eigenvalue weighted by atomic mass is 32.1. The van der Waals surface area contributed by atoms with Crippen LogP contribution in [0.4, 0.5) is 0 Å². The van der Waals surface area contributed by atoms with Gasteiger partial charge >= 0.3 is 5.97 Å². The first-order valence-electron chi connectivity index (χ1n) is 5.54. The zero-order valence-corrected chi connectivity index (χ0v) is 10.7. The van der Waals surface area contributed by atoms with Crippen LogP contribution in [0.2, 0.25) is 0 Å². The molecule has 4 nitrogen and oxygen atoms in total. The number of aromatic nitrogens is 2. The molecule has 2 aromatic rings. The van der Waals surface area contributed by atoms with Gasteiger partial charge in [-0.3, -0.25) is 0 Å². The molecule has 0 spiro atoms. The van der Waals surface area contributed by atoms with E-state index in [4.69, 9.17) is 17.0 Å². The van der Waals surface area contributed by atoms with Crippen LogP contribution in [0.1, 0.15) is 17.3 Å². The lowest BCUT2D eigenvalue weighted by atomic mass is 10.1. The number of carbonyl (C=O) groups is 1. The van der Waals surface area contributed by atoms with Gasteiger partial charge in [0.05, 0.1) is 12.3 Å². The summed E-state index contributed by atoms with van der Waals surface area (Å²) >= 11 is 4.99. The summed E-state index contributed by atoms with van der Waals surface area (Å²) in [6, 6.07) is 9.47. The van der Waals surface area contributed by atoms with Crippen LogP contribution in [-0.2, 0) is 4.74 Å². The third kappa shape index (κ3) is 2.62. The maximum Gasteiger partial charge on any atom is 0.341 e. The fourth-order valence-electron chi connectivity index (χ4n) is 1.59. The average Bonchev–Trinajstić information content (AvgIpc) is 2.40. The van der Waals surface area contributed by atoms with Gasteiger partial charge in [0, 0.05) is 6.20 Å². The number of ether oxygens (including phenoxy) is 1. The van der Waals surface area contributed by atoms with Crippen molar-refractivity contribution in [2.75, 3.05) is 6.61 Å². The first-order chi connectivity index (χ1) is 8.72. The Morgan fingerprint density at radius 3 is 2.78 bits per heavy atom. The smallest absolute Gasteiger partial charge is 0.341 e. The van der Waals surface area contributed by atoms with Crippen LogP contribution in [0.5, 0.6) is 0 Å². The SMILES string of the molecule is CCOC(=O)c1cnc(=S)[nH]c1-c1ccccc1. The summed E-state index contributed by atoms with van der Waals surface area (Å²) in [5.74, 6) is -0.407.